The Labute approximate surface area is 101 Å². The molecule has 1 N–H and O–H groups in total. The molecular weight excluding hydrogens is 196 g/mol. The smallest absolute Gasteiger partial charge is 0.0190 e. The van der Waals surface area contributed by atoms with Crippen molar-refractivity contribution in [2.75, 3.05) is 26.2 Å². The summed E-state index contributed by atoms with van der Waals surface area (Å²) in [6, 6.07) is 0.634. The second-order valence-corrected chi connectivity index (χ2v) is 5.28. The van der Waals surface area contributed by atoms with E-state index in [2.05, 4.69) is 37.1 Å². The molecule has 0 unspecified atom stereocenters. The average molecular weight is 224 g/mol. The molecule has 94 valence electrons. The first-order valence-electron chi connectivity index (χ1n) is 6.80. The molecule has 0 aromatic heterocycles. The van der Waals surface area contributed by atoms with Gasteiger partial charge in [-0.3, -0.25) is 4.90 Å². The molecule has 0 aliphatic carbocycles. The Morgan fingerprint density at radius 2 is 2.12 bits per heavy atom. The van der Waals surface area contributed by atoms with Crippen LogP contribution in [0, 0.1) is 0 Å². The quantitative estimate of drug-likeness (QED) is 0.528. The molecule has 0 amide bonds. The van der Waals surface area contributed by atoms with Crippen molar-refractivity contribution in [3.63, 3.8) is 0 Å². The van der Waals surface area contributed by atoms with Crippen molar-refractivity contribution in [1.82, 2.24) is 10.2 Å². The molecule has 0 radical (unpaired) electrons. The molecule has 0 aromatic carbocycles. The molecule has 1 aliphatic rings. The van der Waals surface area contributed by atoms with Gasteiger partial charge in [-0.05, 0) is 39.3 Å². The Bertz CT molecular complexity index is 209. The molecule has 0 bridgehead atoms. The molecule has 2 nitrogen and oxygen atoms in total. The highest BCUT2D eigenvalue weighted by Crippen LogP contribution is 2.09. The minimum Gasteiger partial charge on any atom is -0.315 e. The number of rotatable bonds is 7. The number of unbranched alkanes of at least 4 members (excludes halogenated alkanes) is 2. The van der Waals surface area contributed by atoms with E-state index in [9.17, 15) is 0 Å². The lowest BCUT2D eigenvalue weighted by atomic mass is 10.1. The van der Waals surface area contributed by atoms with Crippen molar-refractivity contribution in [2.45, 2.75) is 52.5 Å². The maximum atomic E-state index is 3.47. The van der Waals surface area contributed by atoms with Crippen LogP contribution in [-0.2, 0) is 0 Å². The van der Waals surface area contributed by atoms with E-state index >= 15 is 0 Å². The second-order valence-electron chi connectivity index (χ2n) is 5.28. The third kappa shape index (κ3) is 6.29. The SMILES string of the molecule is CC1=CCCN(CCCCCNC(C)C)C1. The largest absolute Gasteiger partial charge is 0.315 e. The topological polar surface area (TPSA) is 15.3 Å². The van der Waals surface area contributed by atoms with Crippen LogP contribution in [0.15, 0.2) is 11.6 Å². The molecule has 1 heterocycles. The zero-order valence-electron chi connectivity index (χ0n) is 11.3. The van der Waals surface area contributed by atoms with Gasteiger partial charge in [0.05, 0.1) is 0 Å². The van der Waals surface area contributed by atoms with Gasteiger partial charge in [0.2, 0.25) is 0 Å². The highest BCUT2D eigenvalue weighted by Gasteiger charge is 2.08. The Morgan fingerprint density at radius 1 is 1.31 bits per heavy atom. The van der Waals surface area contributed by atoms with Crippen molar-refractivity contribution < 1.29 is 0 Å². The van der Waals surface area contributed by atoms with E-state index in [0.29, 0.717) is 6.04 Å². The van der Waals surface area contributed by atoms with Gasteiger partial charge in [0.25, 0.3) is 0 Å². The first-order chi connectivity index (χ1) is 7.68. The number of hydrogen-bond acceptors (Lipinski definition) is 2. The molecular formula is C14H28N2. The fourth-order valence-electron chi connectivity index (χ4n) is 2.21. The maximum Gasteiger partial charge on any atom is 0.0190 e. The first-order valence-corrected chi connectivity index (χ1v) is 6.80. The van der Waals surface area contributed by atoms with E-state index in [4.69, 9.17) is 0 Å². The van der Waals surface area contributed by atoms with E-state index in [1.165, 1.54) is 51.9 Å². The van der Waals surface area contributed by atoms with E-state index in [-0.39, 0.29) is 0 Å². The summed E-state index contributed by atoms with van der Waals surface area (Å²) >= 11 is 0. The predicted octanol–water partition coefficient (Wildman–Crippen LogP) is 2.81. The third-order valence-corrected chi connectivity index (χ3v) is 3.11. The van der Waals surface area contributed by atoms with E-state index in [1.54, 1.807) is 5.57 Å². The Morgan fingerprint density at radius 3 is 2.81 bits per heavy atom. The Hall–Kier alpha value is -0.340. The van der Waals surface area contributed by atoms with Gasteiger partial charge >= 0.3 is 0 Å². The number of hydrogen-bond donors (Lipinski definition) is 1. The van der Waals surface area contributed by atoms with Crippen molar-refractivity contribution in [3.05, 3.63) is 11.6 Å². The molecule has 0 fully saturated rings. The molecule has 1 rings (SSSR count). The lowest BCUT2D eigenvalue weighted by molar-refractivity contribution is 0.283. The zero-order chi connectivity index (χ0) is 11.8. The van der Waals surface area contributed by atoms with Crippen molar-refractivity contribution >= 4 is 0 Å². The summed E-state index contributed by atoms with van der Waals surface area (Å²) in [4.78, 5) is 2.59. The molecule has 0 saturated heterocycles. The van der Waals surface area contributed by atoms with Gasteiger partial charge in [0.15, 0.2) is 0 Å². The minimum atomic E-state index is 0.634. The lowest BCUT2D eigenvalue weighted by Gasteiger charge is -2.25. The van der Waals surface area contributed by atoms with Crippen molar-refractivity contribution in [3.8, 4) is 0 Å². The van der Waals surface area contributed by atoms with Gasteiger partial charge in [-0.15, -0.1) is 0 Å². The van der Waals surface area contributed by atoms with Crippen LogP contribution >= 0.6 is 0 Å². The van der Waals surface area contributed by atoms with Gasteiger partial charge in [0, 0.05) is 19.1 Å². The summed E-state index contributed by atoms with van der Waals surface area (Å²) in [5, 5.41) is 3.47. The summed E-state index contributed by atoms with van der Waals surface area (Å²) in [6.07, 6.45) is 7.66. The fourth-order valence-corrected chi connectivity index (χ4v) is 2.21. The van der Waals surface area contributed by atoms with E-state index < -0.39 is 0 Å². The molecule has 1 aliphatic heterocycles. The highest BCUT2D eigenvalue weighted by molar-refractivity contribution is 5.04. The monoisotopic (exact) mass is 224 g/mol. The van der Waals surface area contributed by atoms with Crippen LogP contribution in [0.5, 0.6) is 0 Å². The third-order valence-electron chi connectivity index (χ3n) is 3.11. The number of nitrogens with one attached hydrogen (secondary N) is 1. The maximum absolute atomic E-state index is 3.47. The molecule has 0 saturated carbocycles. The van der Waals surface area contributed by atoms with Crippen LogP contribution in [0.2, 0.25) is 0 Å². The zero-order valence-corrected chi connectivity index (χ0v) is 11.3. The first kappa shape index (κ1) is 13.7. The summed E-state index contributed by atoms with van der Waals surface area (Å²) in [5.41, 5.74) is 1.55. The molecule has 2 heteroatoms. The van der Waals surface area contributed by atoms with Crippen LogP contribution in [-0.4, -0.2) is 37.1 Å². The summed E-state index contributed by atoms with van der Waals surface area (Å²) < 4.78 is 0. The predicted molar refractivity (Wildman–Crippen MR) is 71.8 cm³/mol. The van der Waals surface area contributed by atoms with Gasteiger partial charge < -0.3 is 5.32 Å². The Balaban J connectivity index is 1.93. The Kier molecular flexibility index (Phi) is 6.74. The summed E-state index contributed by atoms with van der Waals surface area (Å²) in [6.45, 7) is 11.6. The molecule has 0 atom stereocenters. The van der Waals surface area contributed by atoms with Crippen molar-refractivity contribution in [2.24, 2.45) is 0 Å². The second kappa shape index (κ2) is 7.86. The highest BCUT2D eigenvalue weighted by atomic mass is 15.1. The standard InChI is InChI=1S/C14H28N2/c1-13(2)15-9-5-4-6-10-16-11-7-8-14(3)12-16/h8,13,15H,4-7,9-12H2,1-3H3. The van der Waals surface area contributed by atoms with Gasteiger partial charge in [-0.25, -0.2) is 0 Å². The van der Waals surface area contributed by atoms with E-state index in [0.717, 1.165) is 0 Å². The molecule has 0 spiro atoms. The molecule has 0 aromatic rings. The normalized spacial score (nSPS) is 17.9. The van der Waals surface area contributed by atoms with Gasteiger partial charge in [-0.2, -0.15) is 0 Å². The summed E-state index contributed by atoms with van der Waals surface area (Å²) in [5.74, 6) is 0. The summed E-state index contributed by atoms with van der Waals surface area (Å²) in [7, 11) is 0. The van der Waals surface area contributed by atoms with Crippen LogP contribution < -0.4 is 5.32 Å². The van der Waals surface area contributed by atoms with Crippen LogP contribution in [0.3, 0.4) is 0 Å². The van der Waals surface area contributed by atoms with Gasteiger partial charge in [0.1, 0.15) is 0 Å². The van der Waals surface area contributed by atoms with Gasteiger partial charge in [-0.1, -0.05) is 31.9 Å². The minimum absolute atomic E-state index is 0.634. The van der Waals surface area contributed by atoms with Crippen molar-refractivity contribution in [1.29, 1.82) is 0 Å². The number of nitrogens with zero attached hydrogens (tertiary/aromatic N) is 1. The van der Waals surface area contributed by atoms with Crippen LogP contribution in [0.25, 0.3) is 0 Å². The van der Waals surface area contributed by atoms with Crippen LogP contribution in [0.1, 0.15) is 46.5 Å². The van der Waals surface area contributed by atoms with E-state index in [1.807, 2.05) is 0 Å². The molecule has 16 heavy (non-hydrogen) atoms. The fraction of sp³-hybridized carbons (Fsp3) is 0.857. The lowest BCUT2D eigenvalue weighted by Crippen LogP contribution is -2.30. The average Bonchev–Trinajstić information content (AvgIpc) is 2.23. The van der Waals surface area contributed by atoms with Crippen LogP contribution in [0.4, 0.5) is 0 Å².